The number of aliphatic hydroxyl groups is 1. The summed E-state index contributed by atoms with van der Waals surface area (Å²) in [5, 5.41) is 10.7. The highest BCUT2D eigenvalue weighted by atomic mass is 16.3. The van der Waals surface area contributed by atoms with Crippen LogP contribution in [0, 0.1) is 5.92 Å². The lowest BCUT2D eigenvalue weighted by atomic mass is 10.0. The molecule has 1 fully saturated rings. The van der Waals surface area contributed by atoms with Crippen LogP contribution in [0.1, 0.15) is 31.7 Å². The zero-order valence-corrected chi connectivity index (χ0v) is 12.0. The Labute approximate surface area is 120 Å². The van der Waals surface area contributed by atoms with E-state index in [2.05, 4.69) is 24.0 Å². The van der Waals surface area contributed by atoms with Crippen molar-refractivity contribution >= 4 is 16.7 Å². The number of benzene rings is 1. The lowest BCUT2D eigenvalue weighted by molar-refractivity contribution is 0.282. The molecule has 0 amide bonds. The maximum atomic E-state index is 9.64. The van der Waals surface area contributed by atoms with E-state index in [-0.39, 0.29) is 6.61 Å². The van der Waals surface area contributed by atoms with Crippen LogP contribution in [0.4, 0.5) is 5.82 Å². The smallest absolute Gasteiger partial charge is 0.134 e. The summed E-state index contributed by atoms with van der Waals surface area (Å²) < 4.78 is 0. The fraction of sp³-hybridized carbons (Fsp3) is 0.471. The summed E-state index contributed by atoms with van der Waals surface area (Å²) in [6, 6.07) is 10.2. The van der Waals surface area contributed by atoms with Crippen molar-refractivity contribution in [3.05, 3.63) is 35.9 Å². The molecule has 1 saturated heterocycles. The van der Waals surface area contributed by atoms with Gasteiger partial charge in [0.15, 0.2) is 0 Å². The minimum Gasteiger partial charge on any atom is -0.392 e. The van der Waals surface area contributed by atoms with Gasteiger partial charge in [-0.05, 0) is 30.9 Å². The first-order valence-corrected chi connectivity index (χ1v) is 7.56. The molecule has 1 aromatic heterocycles. The summed E-state index contributed by atoms with van der Waals surface area (Å²) >= 11 is 0. The first kappa shape index (κ1) is 13.4. The number of aliphatic hydroxyl groups excluding tert-OH is 1. The predicted molar refractivity (Wildman–Crippen MR) is 82.9 cm³/mol. The average molecular weight is 270 g/mol. The summed E-state index contributed by atoms with van der Waals surface area (Å²) in [6.45, 7) is 4.44. The van der Waals surface area contributed by atoms with Gasteiger partial charge in [-0.3, -0.25) is 0 Å². The second-order valence-electron chi connectivity index (χ2n) is 5.71. The van der Waals surface area contributed by atoms with Gasteiger partial charge in [0, 0.05) is 24.0 Å². The van der Waals surface area contributed by atoms with Crippen LogP contribution in [0.25, 0.3) is 10.9 Å². The van der Waals surface area contributed by atoms with E-state index in [4.69, 9.17) is 4.98 Å². The van der Waals surface area contributed by atoms with Crippen molar-refractivity contribution in [1.29, 1.82) is 0 Å². The van der Waals surface area contributed by atoms with E-state index >= 15 is 0 Å². The molecule has 0 radical (unpaired) electrons. The molecule has 1 aliphatic heterocycles. The Kier molecular flexibility index (Phi) is 3.88. The second kappa shape index (κ2) is 5.80. The van der Waals surface area contributed by atoms with Crippen molar-refractivity contribution in [2.24, 2.45) is 5.92 Å². The van der Waals surface area contributed by atoms with Crippen LogP contribution < -0.4 is 4.90 Å². The van der Waals surface area contributed by atoms with Gasteiger partial charge in [-0.2, -0.15) is 0 Å². The highest BCUT2D eigenvalue weighted by Crippen LogP contribution is 2.29. The van der Waals surface area contributed by atoms with E-state index < -0.39 is 0 Å². The van der Waals surface area contributed by atoms with Gasteiger partial charge in [0.05, 0.1) is 12.1 Å². The minimum atomic E-state index is 0.0577. The summed E-state index contributed by atoms with van der Waals surface area (Å²) in [6.07, 6.45) is 3.78. The van der Waals surface area contributed by atoms with E-state index in [9.17, 15) is 5.11 Å². The molecule has 1 N–H and O–H groups in total. The summed E-state index contributed by atoms with van der Waals surface area (Å²) in [4.78, 5) is 7.13. The first-order valence-electron chi connectivity index (χ1n) is 7.56. The van der Waals surface area contributed by atoms with Crippen LogP contribution in [0.2, 0.25) is 0 Å². The third-order valence-corrected chi connectivity index (χ3v) is 4.23. The highest BCUT2D eigenvalue weighted by Gasteiger charge is 2.24. The van der Waals surface area contributed by atoms with Gasteiger partial charge in [0.25, 0.3) is 0 Å². The Balaban J connectivity index is 1.94. The first-order chi connectivity index (χ1) is 9.81. The number of pyridine rings is 1. The summed E-state index contributed by atoms with van der Waals surface area (Å²) in [5.74, 6) is 1.75. The third kappa shape index (κ3) is 2.50. The monoisotopic (exact) mass is 270 g/mol. The molecule has 3 heteroatoms. The predicted octanol–water partition coefficient (Wildman–Crippen LogP) is 3.35. The molecule has 0 bridgehead atoms. The SMILES string of the molecule is CCCC1CCN(c2nc3ccccc3cc2CO)C1. The molecule has 3 rings (SSSR count). The van der Waals surface area contributed by atoms with Gasteiger partial charge in [-0.1, -0.05) is 31.5 Å². The molecular weight excluding hydrogens is 248 g/mol. The number of fused-ring (bicyclic) bond motifs is 1. The van der Waals surface area contributed by atoms with E-state index in [1.807, 2.05) is 18.2 Å². The number of para-hydroxylation sites is 1. The quantitative estimate of drug-likeness (QED) is 0.925. The molecular formula is C17H22N2O. The van der Waals surface area contributed by atoms with Crippen molar-refractivity contribution in [2.45, 2.75) is 32.8 Å². The number of hydrogen-bond acceptors (Lipinski definition) is 3. The second-order valence-corrected chi connectivity index (χ2v) is 5.71. The largest absolute Gasteiger partial charge is 0.392 e. The number of anilines is 1. The topological polar surface area (TPSA) is 36.4 Å². The fourth-order valence-corrected chi connectivity index (χ4v) is 3.21. The summed E-state index contributed by atoms with van der Waals surface area (Å²) in [5.41, 5.74) is 1.96. The van der Waals surface area contributed by atoms with Gasteiger partial charge in [0.2, 0.25) is 0 Å². The van der Waals surface area contributed by atoms with Crippen molar-refractivity contribution in [3.8, 4) is 0 Å². The van der Waals surface area contributed by atoms with Crippen LogP contribution >= 0.6 is 0 Å². The minimum absolute atomic E-state index is 0.0577. The lowest BCUT2D eigenvalue weighted by Crippen LogP contribution is -2.22. The van der Waals surface area contributed by atoms with Crippen LogP contribution in [0.15, 0.2) is 30.3 Å². The van der Waals surface area contributed by atoms with E-state index in [1.54, 1.807) is 0 Å². The highest BCUT2D eigenvalue weighted by molar-refractivity contribution is 5.81. The molecule has 0 saturated carbocycles. The normalized spacial score (nSPS) is 18.9. The third-order valence-electron chi connectivity index (χ3n) is 4.23. The Morgan fingerprint density at radius 2 is 2.20 bits per heavy atom. The molecule has 1 atom stereocenters. The maximum Gasteiger partial charge on any atom is 0.134 e. The van der Waals surface area contributed by atoms with Crippen molar-refractivity contribution in [1.82, 2.24) is 4.98 Å². The van der Waals surface area contributed by atoms with Crippen LogP contribution in [0.3, 0.4) is 0 Å². The van der Waals surface area contributed by atoms with Gasteiger partial charge >= 0.3 is 0 Å². The molecule has 1 aliphatic rings. The van der Waals surface area contributed by atoms with Gasteiger partial charge in [-0.25, -0.2) is 4.98 Å². The molecule has 0 aliphatic carbocycles. The van der Waals surface area contributed by atoms with Crippen molar-refractivity contribution in [2.75, 3.05) is 18.0 Å². The molecule has 3 nitrogen and oxygen atoms in total. The lowest BCUT2D eigenvalue weighted by Gasteiger charge is -2.21. The van der Waals surface area contributed by atoms with Gasteiger partial charge < -0.3 is 10.0 Å². The van der Waals surface area contributed by atoms with Crippen LogP contribution in [-0.4, -0.2) is 23.2 Å². The average Bonchev–Trinajstić information content (AvgIpc) is 2.94. The Morgan fingerprint density at radius 3 is 3.00 bits per heavy atom. The number of hydrogen-bond donors (Lipinski definition) is 1. The van der Waals surface area contributed by atoms with Crippen LogP contribution in [-0.2, 0) is 6.61 Å². The maximum absolute atomic E-state index is 9.64. The standard InChI is InChI=1S/C17H22N2O/c1-2-5-13-8-9-19(11-13)17-15(12-20)10-14-6-3-4-7-16(14)18-17/h3-4,6-7,10,13,20H,2,5,8-9,11-12H2,1H3. The van der Waals surface area contributed by atoms with Crippen molar-refractivity contribution < 1.29 is 5.11 Å². The van der Waals surface area contributed by atoms with Gasteiger partial charge in [-0.15, -0.1) is 0 Å². The molecule has 2 heterocycles. The molecule has 106 valence electrons. The van der Waals surface area contributed by atoms with Gasteiger partial charge in [0.1, 0.15) is 5.82 Å². The molecule has 20 heavy (non-hydrogen) atoms. The van der Waals surface area contributed by atoms with Crippen LogP contribution in [0.5, 0.6) is 0 Å². The number of aromatic nitrogens is 1. The van der Waals surface area contributed by atoms with Crippen molar-refractivity contribution in [3.63, 3.8) is 0 Å². The zero-order chi connectivity index (χ0) is 13.9. The van der Waals surface area contributed by atoms with E-state index in [0.717, 1.165) is 41.3 Å². The Morgan fingerprint density at radius 1 is 1.35 bits per heavy atom. The Hall–Kier alpha value is -1.61. The zero-order valence-electron chi connectivity index (χ0n) is 12.0. The Bertz CT molecular complexity index is 597. The molecule has 1 unspecified atom stereocenters. The fourth-order valence-electron chi connectivity index (χ4n) is 3.21. The molecule has 2 aromatic rings. The summed E-state index contributed by atoms with van der Waals surface area (Å²) in [7, 11) is 0. The number of nitrogens with zero attached hydrogens (tertiary/aromatic N) is 2. The molecule has 1 aromatic carbocycles. The molecule has 0 spiro atoms. The van der Waals surface area contributed by atoms with E-state index in [0.29, 0.717) is 0 Å². The number of rotatable bonds is 4. The van der Waals surface area contributed by atoms with E-state index in [1.165, 1.54) is 19.3 Å².